The molecule has 3 N–H and O–H groups in total. The van der Waals surface area contributed by atoms with Gasteiger partial charge < -0.3 is 25.4 Å². The third-order valence-electron chi connectivity index (χ3n) is 8.31. The van der Waals surface area contributed by atoms with Crippen LogP contribution in [0.3, 0.4) is 0 Å². The first-order valence-corrected chi connectivity index (χ1v) is 18.9. The van der Waals surface area contributed by atoms with Crippen molar-refractivity contribution in [2.45, 2.75) is 63.5 Å². The first-order chi connectivity index (χ1) is 24.7. The zero-order valence-corrected chi connectivity index (χ0v) is 30.9. The van der Waals surface area contributed by atoms with Crippen LogP contribution in [0.15, 0.2) is 89.5 Å². The van der Waals surface area contributed by atoms with E-state index in [-0.39, 0.29) is 18.2 Å². The molecule has 2 unspecified atom stereocenters. The Morgan fingerprint density at radius 3 is 2.45 bits per heavy atom. The number of carbonyl (C=O) groups excluding carboxylic acids is 4. The van der Waals surface area contributed by atoms with Gasteiger partial charge in [0.2, 0.25) is 5.91 Å². The molecule has 0 radical (unpaired) electrons. The van der Waals surface area contributed by atoms with Gasteiger partial charge in [0, 0.05) is 26.6 Å². The van der Waals surface area contributed by atoms with Crippen LogP contribution in [0.2, 0.25) is 0 Å². The zero-order valence-electron chi connectivity index (χ0n) is 29.2. The number of nitrogens with one attached hydrogen (secondary N) is 3. The molecule has 0 bridgehead atoms. The number of rotatable bonds is 14. The van der Waals surface area contributed by atoms with Gasteiger partial charge in [-0.3, -0.25) is 14.4 Å². The molecule has 3 aromatic carbocycles. The van der Waals surface area contributed by atoms with Crippen LogP contribution >= 0.6 is 23.1 Å². The molecule has 2 atom stereocenters. The topological polar surface area (TPSA) is 123 Å². The molecule has 3 amide bonds. The van der Waals surface area contributed by atoms with Crippen LogP contribution in [0.4, 0.5) is 10.7 Å². The van der Waals surface area contributed by atoms with Crippen LogP contribution in [0.1, 0.15) is 77.3 Å². The number of para-hydroxylation sites is 1. The van der Waals surface area contributed by atoms with Crippen molar-refractivity contribution < 1.29 is 28.7 Å². The number of anilines is 2. The fraction of sp³-hybridized carbons (Fsp3) is 0.300. The average Bonchev–Trinajstić information content (AvgIpc) is 3.48. The van der Waals surface area contributed by atoms with Crippen molar-refractivity contribution >= 4 is 63.6 Å². The largest absolute Gasteiger partial charge is 0.493 e. The van der Waals surface area contributed by atoms with Crippen LogP contribution in [-0.2, 0) is 27.2 Å². The third-order valence-corrected chi connectivity index (χ3v) is 10.8. The summed E-state index contributed by atoms with van der Waals surface area (Å²) in [5, 5.41) is 8.80. The number of hydrogen-bond acceptors (Lipinski definition) is 8. The summed E-state index contributed by atoms with van der Waals surface area (Å²) in [6, 6.07) is 23.1. The van der Waals surface area contributed by atoms with E-state index in [2.05, 4.69) is 22.9 Å². The quantitative estimate of drug-likeness (QED) is 0.0678. The molecule has 1 aromatic heterocycles. The van der Waals surface area contributed by atoms with Crippen molar-refractivity contribution in [1.82, 2.24) is 5.32 Å². The molecule has 0 saturated carbocycles. The maximum absolute atomic E-state index is 13.7. The van der Waals surface area contributed by atoms with E-state index in [0.717, 1.165) is 34.6 Å². The summed E-state index contributed by atoms with van der Waals surface area (Å²) >= 11 is 2.84. The van der Waals surface area contributed by atoms with E-state index in [0.29, 0.717) is 52.1 Å². The summed E-state index contributed by atoms with van der Waals surface area (Å²) in [5.74, 6) is -0.485. The van der Waals surface area contributed by atoms with Crippen LogP contribution in [0, 0.1) is 5.92 Å². The highest BCUT2D eigenvalue weighted by Crippen LogP contribution is 2.41. The van der Waals surface area contributed by atoms with Crippen molar-refractivity contribution in [3.05, 3.63) is 112 Å². The van der Waals surface area contributed by atoms with Gasteiger partial charge in [-0.25, -0.2) is 4.79 Å². The molecule has 0 spiro atoms. The van der Waals surface area contributed by atoms with Gasteiger partial charge in [0.15, 0.2) is 0 Å². The predicted octanol–water partition coefficient (Wildman–Crippen LogP) is 8.37. The first-order valence-electron chi connectivity index (χ1n) is 17.2. The van der Waals surface area contributed by atoms with Crippen molar-refractivity contribution in [3.63, 3.8) is 0 Å². The number of ether oxygens (including phenoxy) is 2. The monoisotopic (exact) mass is 725 g/mol. The molecule has 4 aromatic rings. The lowest BCUT2D eigenvalue weighted by molar-refractivity contribution is -0.116. The minimum Gasteiger partial charge on any atom is -0.493 e. The van der Waals surface area contributed by atoms with Gasteiger partial charge in [-0.05, 0) is 93.5 Å². The summed E-state index contributed by atoms with van der Waals surface area (Å²) < 4.78 is 11.1. The minimum atomic E-state index is -0.528. The lowest BCUT2D eigenvalue weighted by atomic mass is 9.88. The number of benzene rings is 3. The molecule has 1 heterocycles. The summed E-state index contributed by atoms with van der Waals surface area (Å²) in [6.45, 7) is 8.47. The summed E-state index contributed by atoms with van der Waals surface area (Å²) in [7, 11) is 0. The summed E-state index contributed by atoms with van der Waals surface area (Å²) in [4.78, 5) is 55.5. The molecular formula is C40H43N3O6S2. The highest BCUT2D eigenvalue weighted by atomic mass is 32.2. The van der Waals surface area contributed by atoms with Crippen molar-refractivity contribution in [1.29, 1.82) is 0 Å². The zero-order chi connectivity index (χ0) is 36.3. The second-order valence-electron chi connectivity index (χ2n) is 12.1. The second-order valence-corrected chi connectivity index (χ2v) is 14.5. The predicted molar refractivity (Wildman–Crippen MR) is 205 cm³/mol. The SMILES string of the molecule is CCOC(=O)c1c(NC(=O)C(CC)Sc2cccc(NC(=O)/C(=C\c3ccccc3OCC)NC(=O)c3ccccc3)c2)sc2c1CCC(C)C2. The maximum Gasteiger partial charge on any atom is 0.341 e. The van der Waals surface area contributed by atoms with E-state index in [1.165, 1.54) is 23.1 Å². The van der Waals surface area contributed by atoms with E-state index in [4.69, 9.17) is 9.47 Å². The first kappa shape index (κ1) is 37.4. The van der Waals surface area contributed by atoms with Crippen molar-refractivity contribution in [3.8, 4) is 5.75 Å². The highest BCUT2D eigenvalue weighted by Gasteiger charge is 2.30. The molecule has 9 nitrogen and oxygen atoms in total. The molecule has 1 aliphatic carbocycles. The molecule has 51 heavy (non-hydrogen) atoms. The minimum absolute atomic E-state index is 0.0327. The smallest absolute Gasteiger partial charge is 0.341 e. The molecule has 1 aliphatic rings. The Balaban J connectivity index is 1.34. The molecule has 266 valence electrons. The van der Waals surface area contributed by atoms with Crippen LogP contribution < -0.4 is 20.7 Å². The molecule has 11 heteroatoms. The van der Waals surface area contributed by atoms with E-state index in [9.17, 15) is 19.2 Å². The molecule has 0 fully saturated rings. The lowest BCUT2D eigenvalue weighted by Gasteiger charge is -2.18. The number of hydrogen-bond donors (Lipinski definition) is 3. The molecular weight excluding hydrogens is 683 g/mol. The van der Waals surface area contributed by atoms with Crippen molar-refractivity contribution in [2.24, 2.45) is 5.92 Å². The van der Waals surface area contributed by atoms with Gasteiger partial charge in [-0.1, -0.05) is 56.3 Å². The Labute approximate surface area is 307 Å². The number of esters is 1. The number of thioether (sulfide) groups is 1. The number of amides is 3. The fourth-order valence-corrected chi connectivity index (χ4v) is 8.18. The Morgan fingerprint density at radius 2 is 1.71 bits per heavy atom. The standard InChI is InChI=1S/C40H43N3O6S2/c1-5-33(38(46)43-39-35(40(47)49-7-3)30-21-20-25(4)22-34(30)51-39)50-29-18-13-17-28(24-29)41-37(45)31(42-36(44)26-14-9-8-10-15-26)23-27-16-11-12-19-32(27)48-6-2/h8-19,23-25,33H,5-7,20-22H2,1-4H3,(H,41,45)(H,42,44)(H,43,46)/b31-23+. The second kappa shape index (κ2) is 17.9. The number of fused-ring (bicyclic) bond motifs is 1. The Bertz CT molecular complexity index is 1910. The molecule has 5 rings (SSSR count). The molecule has 0 aliphatic heterocycles. The molecule has 0 saturated heterocycles. The van der Waals surface area contributed by atoms with Gasteiger partial charge in [0.1, 0.15) is 16.4 Å². The fourth-order valence-electron chi connectivity index (χ4n) is 5.77. The normalized spacial score (nSPS) is 14.5. The highest BCUT2D eigenvalue weighted by molar-refractivity contribution is 8.00. The van der Waals surface area contributed by atoms with Crippen LogP contribution in [0.25, 0.3) is 6.08 Å². The third kappa shape index (κ3) is 9.68. The van der Waals surface area contributed by atoms with Gasteiger partial charge in [0.25, 0.3) is 11.8 Å². The number of carbonyl (C=O) groups is 4. The van der Waals surface area contributed by atoms with Gasteiger partial charge in [-0.2, -0.15) is 0 Å². The average molecular weight is 726 g/mol. The van der Waals surface area contributed by atoms with Crippen molar-refractivity contribution in [2.75, 3.05) is 23.8 Å². The summed E-state index contributed by atoms with van der Waals surface area (Å²) in [6.07, 6.45) is 4.76. The van der Waals surface area contributed by atoms with E-state index >= 15 is 0 Å². The van der Waals surface area contributed by atoms with Gasteiger partial charge in [0.05, 0.1) is 24.0 Å². The van der Waals surface area contributed by atoms with E-state index in [1.54, 1.807) is 61.5 Å². The van der Waals surface area contributed by atoms with Crippen LogP contribution in [0.5, 0.6) is 5.75 Å². The van der Waals surface area contributed by atoms with Gasteiger partial charge in [-0.15, -0.1) is 23.1 Å². The van der Waals surface area contributed by atoms with E-state index < -0.39 is 23.0 Å². The number of thiophene rings is 1. The Hall–Kier alpha value is -4.87. The summed E-state index contributed by atoms with van der Waals surface area (Å²) in [5.41, 5.74) is 3.03. The maximum atomic E-state index is 13.7. The van der Waals surface area contributed by atoms with E-state index in [1.807, 2.05) is 44.2 Å². The van der Waals surface area contributed by atoms with Gasteiger partial charge >= 0.3 is 5.97 Å². The Kier molecular flexibility index (Phi) is 13.1. The lowest BCUT2D eigenvalue weighted by Crippen LogP contribution is -2.30. The Morgan fingerprint density at radius 1 is 0.941 bits per heavy atom. The van der Waals surface area contributed by atoms with Crippen LogP contribution in [-0.4, -0.2) is 42.2 Å².